The molecular formula is C14H23N3O3. The second kappa shape index (κ2) is 7.42. The average molecular weight is 281 g/mol. The maximum absolute atomic E-state index is 5.71. The molecule has 2 rings (SSSR count). The molecule has 6 nitrogen and oxygen atoms in total. The number of nitrogens with one attached hydrogen (secondary N) is 1. The van der Waals surface area contributed by atoms with Gasteiger partial charge in [-0.3, -0.25) is 9.88 Å². The Hall–Kier alpha value is -1.37. The van der Waals surface area contributed by atoms with Crippen LogP contribution in [0.15, 0.2) is 12.3 Å². The van der Waals surface area contributed by atoms with E-state index >= 15 is 0 Å². The summed E-state index contributed by atoms with van der Waals surface area (Å²) in [7, 11) is 5.22. The number of hydrogen-bond donors (Lipinski definition) is 1. The van der Waals surface area contributed by atoms with Crippen LogP contribution in [0.5, 0.6) is 11.5 Å². The predicted octanol–water partition coefficient (Wildman–Crippen LogP) is 0.519. The average Bonchev–Trinajstić information content (AvgIpc) is 2.47. The highest BCUT2D eigenvalue weighted by atomic mass is 16.5. The molecule has 1 saturated heterocycles. The van der Waals surface area contributed by atoms with Crippen LogP contribution in [0.1, 0.15) is 5.69 Å². The van der Waals surface area contributed by atoms with Crippen LogP contribution < -0.4 is 14.8 Å². The molecule has 0 radical (unpaired) electrons. The van der Waals surface area contributed by atoms with Gasteiger partial charge in [0, 0.05) is 38.4 Å². The fourth-order valence-electron chi connectivity index (χ4n) is 2.45. The Bertz CT molecular complexity index is 426. The minimum atomic E-state index is 0.227. The second-order valence-corrected chi connectivity index (χ2v) is 4.78. The fourth-order valence-corrected chi connectivity index (χ4v) is 2.45. The zero-order valence-electron chi connectivity index (χ0n) is 12.4. The van der Waals surface area contributed by atoms with Gasteiger partial charge in [-0.2, -0.15) is 0 Å². The molecular weight excluding hydrogens is 258 g/mol. The normalized spacial score (nSPS) is 19.9. The summed E-state index contributed by atoms with van der Waals surface area (Å²) >= 11 is 0. The molecule has 2 heterocycles. The molecule has 1 aliphatic rings. The molecule has 0 bridgehead atoms. The molecule has 6 heteroatoms. The number of morpholine rings is 1. The summed E-state index contributed by atoms with van der Waals surface area (Å²) in [6.45, 7) is 4.15. The Kier molecular flexibility index (Phi) is 5.58. The van der Waals surface area contributed by atoms with E-state index in [1.54, 1.807) is 20.4 Å². The topological polar surface area (TPSA) is 55.9 Å². The van der Waals surface area contributed by atoms with Crippen LogP contribution in [-0.4, -0.2) is 63.5 Å². The third-order valence-electron chi connectivity index (χ3n) is 3.39. The quantitative estimate of drug-likeness (QED) is 0.820. The van der Waals surface area contributed by atoms with E-state index in [4.69, 9.17) is 14.2 Å². The number of aromatic nitrogens is 1. The minimum Gasteiger partial charge on any atom is -0.493 e. The molecule has 0 aliphatic carbocycles. The van der Waals surface area contributed by atoms with Crippen LogP contribution >= 0.6 is 0 Å². The van der Waals surface area contributed by atoms with E-state index in [-0.39, 0.29) is 6.10 Å². The molecule has 1 aromatic rings. The Balaban J connectivity index is 2.05. The van der Waals surface area contributed by atoms with Gasteiger partial charge < -0.3 is 19.5 Å². The first-order valence-corrected chi connectivity index (χ1v) is 6.83. The highest BCUT2D eigenvalue weighted by molar-refractivity contribution is 5.42. The van der Waals surface area contributed by atoms with E-state index < -0.39 is 0 Å². The summed E-state index contributed by atoms with van der Waals surface area (Å²) in [6, 6.07) is 1.81. The van der Waals surface area contributed by atoms with Crippen LogP contribution in [0.25, 0.3) is 0 Å². The number of likely N-dealkylation sites (N-methyl/N-ethyl adjacent to an activating group) is 1. The Morgan fingerprint density at radius 1 is 1.45 bits per heavy atom. The van der Waals surface area contributed by atoms with Gasteiger partial charge in [0.05, 0.1) is 26.9 Å². The van der Waals surface area contributed by atoms with Crippen molar-refractivity contribution in [3.8, 4) is 11.5 Å². The maximum Gasteiger partial charge on any atom is 0.183 e. The zero-order valence-corrected chi connectivity index (χ0v) is 12.4. The van der Waals surface area contributed by atoms with E-state index in [0.717, 1.165) is 44.2 Å². The molecule has 112 valence electrons. The number of ether oxygens (including phenoxy) is 3. The second-order valence-electron chi connectivity index (χ2n) is 4.78. The summed E-state index contributed by atoms with van der Waals surface area (Å²) in [5.41, 5.74) is 0.900. The monoisotopic (exact) mass is 281 g/mol. The maximum atomic E-state index is 5.71. The molecule has 1 atom stereocenters. The van der Waals surface area contributed by atoms with Crippen molar-refractivity contribution in [2.45, 2.75) is 12.6 Å². The van der Waals surface area contributed by atoms with Crippen molar-refractivity contribution in [3.05, 3.63) is 18.0 Å². The minimum absolute atomic E-state index is 0.227. The van der Waals surface area contributed by atoms with Crippen molar-refractivity contribution in [2.75, 3.05) is 47.5 Å². The molecule has 20 heavy (non-hydrogen) atoms. The number of pyridine rings is 1. The molecule has 1 unspecified atom stereocenters. The van der Waals surface area contributed by atoms with Gasteiger partial charge in [0.2, 0.25) is 0 Å². The van der Waals surface area contributed by atoms with Crippen molar-refractivity contribution in [3.63, 3.8) is 0 Å². The Labute approximate surface area is 120 Å². The molecule has 0 saturated carbocycles. The fraction of sp³-hybridized carbons (Fsp3) is 0.643. The van der Waals surface area contributed by atoms with E-state index in [2.05, 4.69) is 15.2 Å². The van der Waals surface area contributed by atoms with Gasteiger partial charge in [0.15, 0.2) is 11.5 Å². The summed E-state index contributed by atoms with van der Waals surface area (Å²) < 4.78 is 16.4. The van der Waals surface area contributed by atoms with Crippen molar-refractivity contribution in [1.82, 2.24) is 15.2 Å². The lowest BCUT2D eigenvalue weighted by molar-refractivity contribution is -0.0297. The third kappa shape index (κ3) is 3.59. The SMILES string of the molecule is CNCC1CN(Cc2nccc(OC)c2OC)CCO1. The Morgan fingerprint density at radius 2 is 2.30 bits per heavy atom. The van der Waals surface area contributed by atoms with Crippen molar-refractivity contribution in [1.29, 1.82) is 0 Å². The van der Waals surface area contributed by atoms with E-state index in [1.807, 2.05) is 13.1 Å². The van der Waals surface area contributed by atoms with Crippen LogP contribution in [0, 0.1) is 0 Å². The van der Waals surface area contributed by atoms with Crippen LogP contribution in [0.3, 0.4) is 0 Å². The van der Waals surface area contributed by atoms with Gasteiger partial charge >= 0.3 is 0 Å². The smallest absolute Gasteiger partial charge is 0.183 e. The lowest BCUT2D eigenvalue weighted by Gasteiger charge is -2.32. The van der Waals surface area contributed by atoms with Gasteiger partial charge in [0.25, 0.3) is 0 Å². The molecule has 0 amide bonds. The Morgan fingerprint density at radius 3 is 3.00 bits per heavy atom. The van der Waals surface area contributed by atoms with Gasteiger partial charge in [-0.15, -0.1) is 0 Å². The van der Waals surface area contributed by atoms with Crippen LogP contribution in [-0.2, 0) is 11.3 Å². The van der Waals surface area contributed by atoms with Crippen molar-refractivity contribution >= 4 is 0 Å². The third-order valence-corrected chi connectivity index (χ3v) is 3.39. The van der Waals surface area contributed by atoms with Crippen molar-refractivity contribution in [2.24, 2.45) is 0 Å². The van der Waals surface area contributed by atoms with Gasteiger partial charge in [-0.1, -0.05) is 0 Å². The lowest BCUT2D eigenvalue weighted by Crippen LogP contribution is -2.45. The molecule has 1 N–H and O–H groups in total. The molecule has 1 aliphatic heterocycles. The number of rotatable bonds is 6. The molecule has 0 spiro atoms. The largest absolute Gasteiger partial charge is 0.493 e. The highest BCUT2D eigenvalue weighted by Gasteiger charge is 2.22. The highest BCUT2D eigenvalue weighted by Crippen LogP contribution is 2.30. The summed E-state index contributed by atoms with van der Waals surface area (Å²) in [6.07, 6.45) is 1.98. The zero-order chi connectivity index (χ0) is 14.4. The predicted molar refractivity (Wildman–Crippen MR) is 76.3 cm³/mol. The lowest BCUT2D eigenvalue weighted by atomic mass is 10.2. The number of methoxy groups -OCH3 is 2. The number of hydrogen-bond acceptors (Lipinski definition) is 6. The first-order chi connectivity index (χ1) is 9.78. The summed E-state index contributed by atoms with van der Waals surface area (Å²) in [5, 5.41) is 3.15. The molecule has 1 aromatic heterocycles. The van der Waals surface area contributed by atoms with E-state index in [9.17, 15) is 0 Å². The summed E-state index contributed by atoms with van der Waals surface area (Å²) in [4.78, 5) is 6.75. The van der Waals surface area contributed by atoms with E-state index in [0.29, 0.717) is 5.75 Å². The van der Waals surface area contributed by atoms with Gasteiger partial charge in [-0.05, 0) is 7.05 Å². The standard InChI is InChI=1S/C14H23N3O3/c1-15-8-11-9-17(6-7-20-11)10-12-14(19-3)13(18-2)4-5-16-12/h4-5,11,15H,6-10H2,1-3H3. The van der Waals surface area contributed by atoms with E-state index in [1.165, 1.54) is 0 Å². The van der Waals surface area contributed by atoms with Gasteiger partial charge in [-0.25, -0.2) is 0 Å². The summed E-state index contributed by atoms with van der Waals surface area (Å²) in [5.74, 6) is 1.43. The first-order valence-electron chi connectivity index (χ1n) is 6.83. The first kappa shape index (κ1) is 15.0. The number of nitrogens with zero attached hydrogens (tertiary/aromatic N) is 2. The van der Waals surface area contributed by atoms with Crippen LogP contribution in [0.2, 0.25) is 0 Å². The molecule has 1 fully saturated rings. The van der Waals surface area contributed by atoms with Crippen LogP contribution in [0.4, 0.5) is 0 Å². The van der Waals surface area contributed by atoms with Gasteiger partial charge in [0.1, 0.15) is 5.69 Å². The van der Waals surface area contributed by atoms with Crippen molar-refractivity contribution < 1.29 is 14.2 Å². The molecule has 0 aromatic carbocycles.